The Kier molecular flexibility index (Phi) is 2.64. The normalized spacial score (nSPS) is 15.2. The van der Waals surface area contributed by atoms with Gasteiger partial charge in [-0.2, -0.15) is 0 Å². The van der Waals surface area contributed by atoms with E-state index in [1.165, 1.54) is 0 Å². The number of hydrogen-bond donors (Lipinski definition) is 0. The number of hydrogen-bond acceptors (Lipinski definition) is 3. The molecule has 0 amide bonds. The summed E-state index contributed by atoms with van der Waals surface area (Å²) in [6, 6.07) is 0. The summed E-state index contributed by atoms with van der Waals surface area (Å²) < 4.78 is 11.1. The highest BCUT2D eigenvalue weighted by molar-refractivity contribution is 6.90. The zero-order chi connectivity index (χ0) is 11.1. The number of halogens is 1. The van der Waals surface area contributed by atoms with E-state index in [0.717, 1.165) is 10.9 Å². The van der Waals surface area contributed by atoms with E-state index < -0.39 is 8.07 Å². The van der Waals surface area contributed by atoms with Crippen molar-refractivity contribution in [3.05, 3.63) is 11.2 Å². The van der Waals surface area contributed by atoms with Gasteiger partial charge in [0.05, 0.1) is 13.1 Å². The third kappa shape index (κ3) is 1.96. The summed E-state index contributed by atoms with van der Waals surface area (Å²) >= 11 is 6.18. The van der Waals surface area contributed by atoms with E-state index >= 15 is 0 Å². The van der Waals surface area contributed by atoms with Crippen molar-refractivity contribution < 1.29 is 9.47 Å². The molecule has 0 radical (unpaired) electrons. The molecule has 1 aliphatic rings. The molecule has 2 rings (SSSR count). The largest absolute Gasteiger partial charge is 0.484 e. The number of ether oxygens (including phenoxy) is 2. The van der Waals surface area contributed by atoms with Gasteiger partial charge >= 0.3 is 0 Å². The van der Waals surface area contributed by atoms with Crippen LogP contribution in [-0.4, -0.2) is 26.3 Å². The third-order valence-electron chi connectivity index (χ3n) is 2.27. The van der Waals surface area contributed by atoms with Crippen molar-refractivity contribution in [2.75, 3.05) is 13.2 Å². The standard InChI is InChI=1S/C10H14ClNO2Si/c1-15(2,3)9-7(11)6-12-10-8(9)13-4-5-14-10/h6H,4-5H2,1-3H3. The van der Waals surface area contributed by atoms with Crippen molar-refractivity contribution in [1.82, 2.24) is 4.98 Å². The molecular weight excluding hydrogens is 230 g/mol. The summed E-state index contributed by atoms with van der Waals surface area (Å²) in [6.07, 6.45) is 1.66. The van der Waals surface area contributed by atoms with Crippen molar-refractivity contribution >= 4 is 24.9 Å². The molecule has 1 aromatic rings. The lowest BCUT2D eigenvalue weighted by Crippen LogP contribution is -2.41. The summed E-state index contributed by atoms with van der Waals surface area (Å²) in [7, 11) is -1.53. The topological polar surface area (TPSA) is 31.4 Å². The van der Waals surface area contributed by atoms with Crippen LogP contribution in [0.4, 0.5) is 0 Å². The quantitative estimate of drug-likeness (QED) is 0.708. The van der Waals surface area contributed by atoms with E-state index in [0.29, 0.717) is 24.1 Å². The molecule has 0 unspecified atom stereocenters. The van der Waals surface area contributed by atoms with Crippen LogP contribution in [0, 0.1) is 0 Å². The molecular formula is C10H14ClNO2Si. The first-order chi connectivity index (χ1) is 7.00. The number of fused-ring (bicyclic) bond motifs is 1. The van der Waals surface area contributed by atoms with Crippen LogP contribution in [0.1, 0.15) is 0 Å². The van der Waals surface area contributed by atoms with Gasteiger partial charge < -0.3 is 9.47 Å². The Morgan fingerprint density at radius 1 is 1.27 bits per heavy atom. The maximum Gasteiger partial charge on any atom is 0.257 e. The molecule has 5 heteroatoms. The Morgan fingerprint density at radius 3 is 2.60 bits per heavy atom. The molecule has 0 fully saturated rings. The molecule has 0 N–H and O–H groups in total. The van der Waals surface area contributed by atoms with Crippen LogP contribution in [0.5, 0.6) is 11.6 Å². The monoisotopic (exact) mass is 243 g/mol. The Bertz CT molecular complexity index is 390. The van der Waals surface area contributed by atoms with Crippen molar-refractivity contribution in [2.24, 2.45) is 0 Å². The van der Waals surface area contributed by atoms with Crippen LogP contribution in [0.2, 0.25) is 24.7 Å². The molecule has 0 saturated carbocycles. The van der Waals surface area contributed by atoms with Gasteiger partial charge in [0.1, 0.15) is 13.2 Å². The number of aromatic nitrogens is 1. The smallest absolute Gasteiger partial charge is 0.257 e. The Hall–Kier alpha value is -0.743. The average molecular weight is 244 g/mol. The fourth-order valence-corrected chi connectivity index (χ4v) is 4.30. The van der Waals surface area contributed by atoms with Gasteiger partial charge in [0, 0.05) is 11.4 Å². The molecule has 0 bridgehead atoms. The van der Waals surface area contributed by atoms with E-state index in [9.17, 15) is 0 Å². The minimum absolute atomic E-state index is 0.562. The summed E-state index contributed by atoms with van der Waals surface area (Å²) in [5.74, 6) is 1.34. The van der Waals surface area contributed by atoms with Crippen LogP contribution in [0.25, 0.3) is 0 Å². The van der Waals surface area contributed by atoms with Crippen molar-refractivity contribution in [3.8, 4) is 11.6 Å². The highest BCUT2D eigenvalue weighted by atomic mass is 35.5. The second-order valence-electron chi connectivity index (χ2n) is 4.56. The van der Waals surface area contributed by atoms with Crippen LogP contribution >= 0.6 is 11.6 Å². The van der Waals surface area contributed by atoms with Gasteiger partial charge in [-0.15, -0.1) is 0 Å². The van der Waals surface area contributed by atoms with E-state index in [-0.39, 0.29) is 0 Å². The minimum atomic E-state index is -1.53. The second kappa shape index (κ2) is 3.68. The van der Waals surface area contributed by atoms with Gasteiger partial charge in [0.15, 0.2) is 5.75 Å². The van der Waals surface area contributed by atoms with Gasteiger partial charge in [0.25, 0.3) is 5.88 Å². The van der Waals surface area contributed by atoms with E-state index in [1.807, 2.05) is 0 Å². The average Bonchev–Trinajstić information content (AvgIpc) is 2.15. The molecule has 0 atom stereocenters. The lowest BCUT2D eigenvalue weighted by atomic mass is 10.4. The summed E-state index contributed by atoms with van der Waals surface area (Å²) in [4.78, 5) is 4.14. The molecule has 0 saturated heterocycles. The SMILES string of the molecule is C[Si](C)(C)c1c(Cl)cnc2c1OCCO2. The van der Waals surface area contributed by atoms with E-state index in [1.54, 1.807) is 6.20 Å². The molecule has 3 nitrogen and oxygen atoms in total. The zero-order valence-corrected chi connectivity index (χ0v) is 10.9. The zero-order valence-electron chi connectivity index (χ0n) is 9.13. The fraction of sp³-hybridized carbons (Fsp3) is 0.500. The van der Waals surface area contributed by atoms with Gasteiger partial charge in [-0.05, 0) is 0 Å². The van der Waals surface area contributed by atoms with Crippen LogP contribution in [0.3, 0.4) is 0 Å². The van der Waals surface area contributed by atoms with E-state index in [4.69, 9.17) is 21.1 Å². The van der Waals surface area contributed by atoms with Gasteiger partial charge in [-0.3, -0.25) is 0 Å². The number of pyridine rings is 1. The molecule has 82 valence electrons. The van der Waals surface area contributed by atoms with Gasteiger partial charge in [-0.25, -0.2) is 4.98 Å². The predicted molar refractivity (Wildman–Crippen MR) is 63.2 cm³/mol. The first-order valence-electron chi connectivity index (χ1n) is 4.95. The van der Waals surface area contributed by atoms with Crippen LogP contribution in [-0.2, 0) is 0 Å². The van der Waals surface area contributed by atoms with Crippen molar-refractivity contribution in [1.29, 1.82) is 0 Å². The maximum absolute atomic E-state index is 6.18. The predicted octanol–water partition coefficient (Wildman–Crippen LogP) is 2.05. The molecule has 0 spiro atoms. The number of rotatable bonds is 1. The lowest BCUT2D eigenvalue weighted by Gasteiger charge is -2.26. The molecule has 0 aliphatic carbocycles. The molecule has 1 aromatic heterocycles. The third-order valence-corrected chi connectivity index (χ3v) is 4.72. The summed E-state index contributed by atoms with van der Waals surface area (Å²) in [6.45, 7) is 7.82. The Labute approximate surface area is 95.4 Å². The van der Waals surface area contributed by atoms with E-state index in [2.05, 4.69) is 24.6 Å². The Balaban J connectivity index is 2.60. The number of nitrogens with zero attached hydrogens (tertiary/aromatic N) is 1. The summed E-state index contributed by atoms with van der Waals surface area (Å²) in [5, 5.41) is 1.80. The molecule has 0 aromatic carbocycles. The maximum atomic E-state index is 6.18. The van der Waals surface area contributed by atoms with Gasteiger partial charge in [-0.1, -0.05) is 31.2 Å². The van der Waals surface area contributed by atoms with Gasteiger partial charge in [0.2, 0.25) is 0 Å². The fourth-order valence-electron chi connectivity index (χ4n) is 1.67. The lowest BCUT2D eigenvalue weighted by molar-refractivity contribution is 0.166. The first-order valence-corrected chi connectivity index (χ1v) is 8.82. The molecule has 1 aliphatic heterocycles. The molecule has 15 heavy (non-hydrogen) atoms. The van der Waals surface area contributed by atoms with Crippen molar-refractivity contribution in [2.45, 2.75) is 19.6 Å². The Morgan fingerprint density at radius 2 is 1.93 bits per heavy atom. The highest BCUT2D eigenvalue weighted by Crippen LogP contribution is 2.30. The van der Waals surface area contributed by atoms with Crippen molar-refractivity contribution in [3.63, 3.8) is 0 Å². The molecule has 2 heterocycles. The first kappa shape index (κ1) is 10.8. The van der Waals surface area contributed by atoms with Crippen LogP contribution in [0.15, 0.2) is 6.20 Å². The minimum Gasteiger partial charge on any atom is -0.484 e. The summed E-state index contributed by atoms with van der Waals surface area (Å²) in [5.41, 5.74) is 0. The highest BCUT2D eigenvalue weighted by Gasteiger charge is 2.29. The second-order valence-corrected chi connectivity index (χ2v) is 9.97. The van der Waals surface area contributed by atoms with Crippen LogP contribution < -0.4 is 14.7 Å².